The van der Waals surface area contributed by atoms with Gasteiger partial charge in [0.1, 0.15) is 5.69 Å². The first-order chi connectivity index (χ1) is 9.25. The molecular weight excluding hydrogens is 240 g/mol. The summed E-state index contributed by atoms with van der Waals surface area (Å²) in [6.45, 7) is 1.81. The van der Waals surface area contributed by atoms with Crippen molar-refractivity contribution in [3.05, 3.63) is 36.2 Å². The minimum atomic E-state index is -0.0630. The summed E-state index contributed by atoms with van der Waals surface area (Å²) < 4.78 is 0. The third-order valence-electron chi connectivity index (χ3n) is 3.57. The maximum atomic E-state index is 12.4. The van der Waals surface area contributed by atoms with Crippen molar-refractivity contribution in [2.45, 2.75) is 12.5 Å². The van der Waals surface area contributed by atoms with Gasteiger partial charge in [0.2, 0.25) is 0 Å². The van der Waals surface area contributed by atoms with Crippen molar-refractivity contribution in [2.75, 3.05) is 20.1 Å². The summed E-state index contributed by atoms with van der Waals surface area (Å²) in [5.74, 6) is -0.0630. The molecule has 0 saturated carbocycles. The molecule has 0 aliphatic carbocycles. The second-order valence-corrected chi connectivity index (χ2v) is 4.81. The molecule has 1 aliphatic rings. The summed E-state index contributed by atoms with van der Waals surface area (Å²) in [5.41, 5.74) is 1.98. The van der Waals surface area contributed by atoms with Crippen molar-refractivity contribution in [2.24, 2.45) is 0 Å². The van der Waals surface area contributed by atoms with E-state index in [2.05, 4.69) is 15.3 Å². The molecule has 5 nitrogen and oxygen atoms in total. The molecule has 1 saturated heterocycles. The number of amides is 1. The van der Waals surface area contributed by atoms with Crippen molar-refractivity contribution < 1.29 is 4.79 Å². The van der Waals surface area contributed by atoms with Crippen LogP contribution in [0.5, 0.6) is 0 Å². The van der Waals surface area contributed by atoms with Crippen molar-refractivity contribution in [1.29, 1.82) is 0 Å². The van der Waals surface area contributed by atoms with Crippen molar-refractivity contribution in [3.8, 4) is 0 Å². The molecule has 1 fully saturated rings. The lowest BCUT2D eigenvalue weighted by Gasteiger charge is -2.23. The Hall–Kier alpha value is -2.01. The first-order valence-corrected chi connectivity index (χ1v) is 6.45. The number of benzene rings is 1. The summed E-state index contributed by atoms with van der Waals surface area (Å²) in [6, 6.07) is 7.82. The molecule has 98 valence electrons. The van der Waals surface area contributed by atoms with Crippen LogP contribution in [0.1, 0.15) is 16.9 Å². The molecule has 5 heteroatoms. The number of aromatic nitrogens is 2. The summed E-state index contributed by atoms with van der Waals surface area (Å²) in [4.78, 5) is 22.8. The van der Waals surface area contributed by atoms with Crippen LogP contribution >= 0.6 is 0 Å². The minimum Gasteiger partial charge on any atom is -0.336 e. The second kappa shape index (κ2) is 4.93. The molecule has 1 unspecified atom stereocenters. The number of rotatable bonds is 2. The van der Waals surface area contributed by atoms with E-state index in [9.17, 15) is 4.79 Å². The van der Waals surface area contributed by atoms with Crippen LogP contribution in [0.3, 0.4) is 0 Å². The maximum Gasteiger partial charge on any atom is 0.274 e. The lowest BCUT2D eigenvalue weighted by molar-refractivity contribution is 0.0738. The van der Waals surface area contributed by atoms with E-state index in [1.807, 2.05) is 31.3 Å². The summed E-state index contributed by atoms with van der Waals surface area (Å²) >= 11 is 0. The Bertz CT molecular complexity index is 607. The number of hydrogen-bond acceptors (Lipinski definition) is 4. The minimum absolute atomic E-state index is 0.0630. The zero-order valence-electron chi connectivity index (χ0n) is 10.8. The van der Waals surface area contributed by atoms with Gasteiger partial charge < -0.3 is 10.2 Å². The summed E-state index contributed by atoms with van der Waals surface area (Å²) in [7, 11) is 1.83. The fraction of sp³-hybridized carbons (Fsp3) is 0.357. The molecule has 0 radical (unpaired) electrons. The van der Waals surface area contributed by atoms with Crippen molar-refractivity contribution in [1.82, 2.24) is 20.2 Å². The molecule has 1 atom stereocenters. The Morgan fingerprint density at radius 1 is 1.37 bits per heavy atom. The van der Waals surface area contributed by atoms with Crippen LogP contribution in [0.4, 0.5) is 0 Å². The molecule has 1 aliphatic heterocycles. The van der Waals surface area contributed by atoms with Crippen LogP contribution < -0.4 is 5.32 Å². The zero-order chi connectivity index (χ0) is 13.2. The molecule has 19 heavy (non-hydrogen) atoms. The molecule has 0 spiro atoms. The Balaban J connectivity index is 1.88. The van der Waals surface area contributed by atoms with Crippen molar-refractivity contribution >= 4 is 16.9 Å². The average Bonchev–Trinajstić information content (AvgIpc) is 2.99. The van der Waals surface area contributed by atoms with Gasteiger partial charge in [-0.05, 0) is 25.1 Å². The van der Waals surface area contributed by atoms with E-state index >= 15 is 0 Å². The average molecular weight is 256 g/mol. The second-order valence-electron chi connectivity index (χ2n) is 4.81. The lowest BCUT2D eigenvalue weighted by atomic mass is 10.2. The summed E-state index contributed by atoms with van der Waals surface area (Å²) in [5, 5.41) is 3.26. The number of carbonyl (C=O) groups excluding carboxylic acids is 1. The lowest BCUT2D eigenvalue weighted by Crippen LogP contribution is -2.38. The van der Waals surface area contributed by atoms with E-state index in [4.69, 9.17) is 0 Å². The van der Waals surface area contributed by atoms with Crippen LogP contribution in [0.25, 0.3) is 11.0 Å². The monoisotopic (exact) mass is 256 g/mol. The third kappa shape index (κ3) is 2.29. The van der Waals surface area contributed by atoms with Crippen LogP contribution in [-0.4, -0.2) is 47.0 Å². The Morgan fingerprint density at radius 3 is 2.89 bits per heavy atom. The van der Waals surface area contributed by atoms with Crippen LogP contribution in [0.2, 0.25) is 0 Å². The molecule has 1 aromatic heterocycles. The van der Waals surface area contributed by atoms with Crippen molar-refractivity contribution in [3.63, 3.8) is 0 Å². The fourth-order valence-corrected chi connectivity index (χ4v) is 2.38. The van der Waals surface area contributed by atoms with E-state index < -0.39 is 0 Å². The third-order valence-corrected chi connectivity index (χ3v) is 3.57. The number of fused-ring (bicyclic) bond motifs is 1. The molecule has 0 bridgehead atoms. The Labute approximate surface area is 111 Å². The number of nitrogens with one attached hydrogen (secondary N) is 1. The number of nitrogens with zero attached hydrogens (tertiary/aromatic N) is 3. The SMILES string of the molecule is CN(C(=O)c1cnc2ccccc2n1)C1CCNC1. The van der Waals surface area contributed by atoms with Gasteiger partial charge in [-0.3, -0.25) is 9.78 Å². The van der Waals surface area contributed by atoms with E-state index in [0.29, 0.717) is 5.69 Å². The number of hydrogen-bond donors (Lipinski definition) is 1. The van der Waals surface area contributed by atoms with E-state index in [1.54, 1.807) is 11.1 Å². The Kier molecular flexibility index (Phi) is 3.13. The van der Waals surface area contributed by atoms with E-state index in [-0.39, 0.29) is 11.9 Å². The van der Waals surface area contributed by atoms with Gasteiger partial charge in [-0.15, -0.1) is 0 Å². The highest BCUT2D eigenvalue weighted by molar-refractivity contribution is 5.93. The first kappa shape index (κ1) is 12.0. The molecule has 1 aromatic carbocycles. The van der Waals surface area contributed by atoms with Crippen LogP contribution in [-0.2, 0) is 0 Å². The van der Waals surface area contributed by atoms with Crippen LogP contribution in [0.15, 0.2) is 30.5 Å². The standard InChI is InChI=1S/C14H16N4O/c1-18(10-6-7-15-8-10)14(19)13-9-16-11-4-2-3-5-12(11)17-13/h2-5,9-10,15H,6-8H2,1H3. The highest BCUT2D eigenvalue weighted by Crippen LogP contribution is 2.12. The van der Waals surface area contributed by atoms with Gasteiger partial charge in [0.05, 0.1) is 17.2 Å². The van der Waals surface area contributed by atoms with E-state index in [0.717, 1.165) is 30.5 Å². The topological polar surface area (TPSA) is 58.1 Å². The first-order valence-electron chi connectivity index (χ1n) is 6.45. The number of likely N-dealkylation sites (N-methyl/N-ethyl adjacent to an activating group) is 1. The maximum absolute atomic E-state index is 12.4. The molecule has 3 rings (SSSR count). The van der Waals surface area contributed by atoms with Gasteiger partial charge in [-0.25, -0.2) is 4.98 Å². The quantitative estimate of drug-likeness (QED) is 0.873. The smallest absolute Gasteiger partial charge is 0.274 e. The van der Waals surface area contributed by atoms with Gasteiger partial charge in [-0.2, -0.15) is 0 Å². The number of carbonyl (C=O) groups is 1. The fourth-order valence-electron chi connectivity index (χ4n) is 2.38. The molecule has 2 aromatic rings. The highest BCUT2D eigenvalue weighted by Gasteiger charge is 2.24. The Morgan fingerprint density at radius 2 is 2.16 bits per heavy atom. The molecule has 1 amide bonds. The van der Waals surface area contributed by atoms with Gasteiger partial charge in [0.15, 0.2) is 0 Å². The predicted octanol–water partition coefficient (Wildman–Crippen LogP) is 1.06. The predicted molar refractivity (Wildman–Crippen MR) is 72.9 cm³/mol. The number of para-hydroxylation sites is 2. The van der Waals surface area contributed by atoms with Crippen LogP contribution in [0, 0.1) is 0 Å². The molecule has 2 heterocycles. The normalized spacial score (nSPS) is 18.7. The summed E-state index contributed by atoms with van der Waals surface area (Å²) in [6.07, 6.45) is 2.55. The largest absolute Gasteiger partial charge is 0.336 e. The van der Waals surface area contributed by atoms with E-state index in [1.165, 1.54) is 0 Å². The highest BCUT2D eigenvalue weighted by atomic mass is 16.2. The van der Waals surface area contributed by atoms with Gasteiger partial charge >= 0.3 is 0 Å². The van der Waals surface area contributed by atoms with Gasteiger partial charge in [0, 0.05) is 19.6 Å². The molecular formula is C14H16N4O. The van der Waals surface area contributed by atoms with Gasteiger partial charge in [0.25, 0.3) is 5.91 Å². The van der Waals surface area contributed by atoms with Gasteiger partial charge in [-0.1, -0.05) is 12.1 Å². The zero-order valence-corrected chi connectivity index (χ0v) is 10.8. The molecule has 1 N–H and O–H groups in total.